The van der Waals surface area contributed by atoms with Crippen LogP contribution in [0.25, 0.3) is 10.8 Å². The van der Waals surface area contributed by atoms with Gasteiger partial charge in [-0.2, -0.15) is 0 Å². The zero-order valence-electron chi connectivity index (χ0n) is 22.3. The first-order valence-corrected chi connectivity index (χ1v) is 13.3. The first-order valence-electron chi connectivity index (χ1n) is 13.3. The SMILES string of the molecule is CN(C(=O)C1CCC(N)CC1)[C@H](Cc1ccc2ccccc2c1)C(=O)N(C)[C@H](Cc1ccccc1)C(N)=O. The van der Waals surface area contributed by atoms with Gasteiger partial charge in [0.05, 0.1) is 0 Å². The van der Waals surface area contributed by atoms with E-state index in [9.17, 15) is 14.4 Å². The molecule has 3 amide bonds. The molecule has 0 unspecified atom stereocenters. The number of nitrogens with two attached hydrogens (primary N) is 2. The minimum atomic E-state index is -0.833. The Hall–Kier alpha value is -3.71. The number of likely N-dealkylation sites (N-methyl/N-ethyl adjacent to an activating group) is 2. The van der Waals surface area contributed by atoms with E-state index in [-0.39, 0.29) is 23.8 Å². The fourth-order valence-corrected chi connectivity index (χ4v) is 5.44. The van der Waals surface area contributed by atoms with Crippen LogP contribution >= 0.6 is 0 Å². The Morgan fingerprint density at radius 3 is 2.03 bits per heavy atom. The normalized spacial score (nSPS) is 18.9. The van der Waals surface area contributed by atoms with Crippen LogP contribution in [-0.2, 0) is 27.2 Å². The Kier molecular flexibility index (Phi) is 8.79. The molecule has 200 valence electrons. The Labute approximate surface area is 224 Å². The average molecular weight is 515 g/mol. The van der Waals surface area contributed by atoms with Gasteiger partial charge in [0.2, 0.25) is 17.7 Å². The molecule has 7 nitrogen and oxygen atoms in total. The maximum absolute atomic E-state index is 14.0. The van der Waals surface area contributed by atoms with Crippen molar-refractivity contribution in [3.05, 3.63) is 83.9 Å². The highest BCUT2D eigenvalue weighted by Crippen LogP contribution is 2.27. The number of hydrogen-bond acceptors (Lipinski definition) is 4. The van der Waals surface area contributed by atoms with Crippen molar-refractivity contribution in [1.82, 2.24) is 9.80 Å². The van der Waals surface area contributed by atoms with Crippen LogP contribution in [0.1, 0.15) is 36.8 Å². The van der Waals surface area contributed by atoms with Gasteiger partial charge in [-0.1, -0.05) is 72.8 Å². The van der Waals surface area contributed by atoms with E-state index in [1.807, 2.05) is 66.7 Å². The second-order valence-electron chi connectivity index (χ2n) is 10.5. The Balaban J connectivity index is 1.62. The van der Waals surface area contributed by atoms with Gasteiger partial charge < -0.3 is 21.3 Å². The maximum atomic E-state index is 14.0. The molecule has 0 aromatic heterocycles. The molecule has 0 radical (unpaired) electrons. The molecular formula is C31H38N4O3. The van der Waals surface area contributed by atoms with E-state index < -0.39 is 18.0 Å². The highest BCUT2D eigenvalue weighted by molar-refractivity contribution is 5.92. The number of carbonyl (C=O) groups is 3. The summed E-state index contributed by atoms with van der Waals surface area (Å²) >= 11 is 0. The van der Waals surface area contributed by atoms with Crippen LogP contribution in [0.3, 0.4) is 0 Å². The van der Waals surface area contributed by atoms with Gasteiger partial charge in [-0.15, -0.1) is 0 Å². The molecule has 1 aliphatic rings. The lowest BCUT2D eigenvalue weighted by Gasteiger charge is -2.36. The van der Waals surface area contributed by atoms with E-state index in [1.54, 1.807) is 19.0 Å². The summed E-state index contributed by atoms with van der Waals surface area (Å²) in [6.07, 6.45) is 3.67. The van der Waals surface area contributed by atoms with Crippen molar-refractivity contribution in [2.45, 2.75) is 56.7 Å². The zero-order chi connectivity index (χ0) is 27.2. The smallest absolute Gasteiger partial charge is 0.246 e. The summed E-state index contributed by atoms with van der Waals surface area (Å²) in [6, 6.07) is 22.1. The summed E-state index contributed by atoms with van der Waals surface area (Å²) < 4.78 is 0. The number of nitrogens with zero attached hydrogens (tertiary/aromatic N) is 2. The van der Waals surface area contributed by atoms with Gasteiger partial charge in [0.1, 0.15) is 12.1 Å². The number of rotatable bonds is 9. The number of carbonyl (C=O) groups excluding carboxylic acids is 3. The third-order valence-corrected chi connectivity index (χ3v) is 7.88. The van der Waals surface area contributed by atoms with E-state index >= 15 is 0 Å². The molecular weight excluding hydrogens is 476 g/mol. The van der Waals surface area contributed by atoms with Crippen molar-refractivity contribution in [3.8, 4) is 0 Å². The van der Waals surface area contributed by atoms with Crippen molar-refractivity contribution in [3.63, 3.8) is 0 Å². The van der Waals surface area contributed by atoms with Crippen molar-refractivity contribution in [1.29, 1.82) is 0 Å². The van der Waals surface area contributed by atoms with Crippen LogP contribution in [0.2, 0.25) is 0 Å². The van der Waals surface area contributed by atoms with Gasteiger partial charge in [0, 0.05) is 38.9 Å². The second kappa shape index (κ2) is 12.2. The highest BCUT2D eigenvalue weighted by Gasteiger charge is 2.37. The minimum Gasteiger partial charge on any atom is -0.368 e. The molecule has 0 aliphatic heterocycles. The molecule has 3 aromatic carbocycles. The highest BCUT2D eigenvalue weighted by atomic mass is 16.2. The third kappa shape index (κ3) is 6.40. The van der Waals surface area contributed by atoms with Gasteiger partial charge in [0.25, 0.3) is 0 Å². The summed E-state index contributed by atoms with van der Waals surface area (Å²) in [5.74, 6) is -1.10. The summed E-state index contributed by atoms with van der Waals surface area (Å²) in [7, 11) is 3.30. The van der Waals surface area contributed by atoms with Crippen molar-refractivity contribution < 1.29 is 14.4 Å². The summed E-state index contributed by atoms with van der Waals surface area (Å²) in [4.78, 5) is 43.1. The number of primary amides is 1. The predicted octanol–water partition coefficient (Wildman–Crippen LogP) is 3.28. The monoisotopic (exact) mass is 514 g/mol. The Morgan fingerprint density at radius 2 is 1.37 bits per heavy atom. The average Bonchev–Trinajstić information content (AvgIpc) is 2.94. The van der Waals surface area contributed by atoms with Gasteiger partial charge in [0.15, 0.2) is 0 Å². The van der Waals surface area contributed by atoms with E-state index in [0.717, 1.165) is 47.6 Å². The fraction of sp³-hybridized carbons (Fsp3) is 0.387. The van der Waals surface area contributed by atoms with Crippen molar-refractivity contribution in [2.75, 3.05) is 14.1 Å². The molecule has 3 aromatic rings. The molecule has 1 fully saturated rings. The summed E-state index contributed by atoms with van der Waals surface area (Å²) in [6.45, 7) is 0. The summed E-state index contributed by atoms with van der Waals surface area (Å²) in [5, 5.41) is 2.18. The van der Waals surface area contributed by atoms with Crippen LogP contribution in [-0.4, -0.2) is 59.7 Å². The molecule has 1 aliphatic carbocycles. The topological polar surface area (TPSA) is 110 Å². The second-order valence-corrected chi connectivity index (χ2v) is 10.5. The van der Waals surface area contributed by atoms with E-state index in [1.165, 1.54) is 4.90 Å². The van der Waals surface area contributed by atoms with Gasteiger partial charge >= 0.3 is 0 Å². The van der Waals surface area contributed by atoms with Gasteiger partial charge in [-0.25, -0.2) is 0 Å². The lowest BCUT2D eigenvalue weighted by atomic mass is 9.85. The Bertz CT molecular complexity index is 1270. The number of hydrogen-bond donors (Lipinski definition) is 2. The molecule has 38 heavy (non-hydrogen) atoms. The Morgan fingerprint density at radius 1 is 0.763 bits per heavy atom. The largest absolute Gasteiger partial charge is 0.368 e. The van der Waals surface area contributed by atoms with Crippen LogP contribution in [0.5, 0.6) is 0 Å². The summed E-state index contributed by atoms with van der Waals surface area (Å²) in [5.41, 5.74) is 13.7. The number of amides is 3. The lowest BCUT2D eigenvalue weighted by Crippen LogP contribution is -2.56. The van der Waals surface area contributed by atoms with Crippen LogP contribution in [0.15, 0.2) is 72.8 Å². The first kappa shape index (κ1) is 27.3. The molecule has 0 heterocycles. The standard InChI is InChI=1S/C31H38N4O3/c1-34(27(29(33)36)19-21-8-4-3-5-9-21)31(38)28(35(2)30(37)24-14-16-26(32)17-15-24)20-22-12-13-23-10-6-7-11-25(23)18-22/h3-13,18,24,26-28H,14-17,19-20,32H2,1-2H3,(H2,33,36)/t24?,26?,27-,28-/m1/s1. The molecule has 1 saturated carbocycles. The first-order chi connectivity index (χ1) is 18.2. The van der Waals surface area contributed by atoms with E-state index in [4.69, 9.17) is 11.5 Å². The van der Waals surface area contributed by atoms with Crippen LogP contribution in [0, 0.1) is 5.92 Å². The number of fused-ring (bicyclic) bond motifs is 1. The van der Waals surface area contributed by atoms with E-state index in [0.29, 0.717) is 12.8 Å². The van der Waals surface area contributed by atoms with Crippen molar-refractivity contribution in [2.24, 2.45) is 17.4 Å². The molecule has 4 N–H and O–H groups in total. The molecule has 4 rings (SSSR count). The number of benzene rings is 3. The zero-order valence-corrected chi connectivity index (χ0v) is 22.3. The molecule has 0 spiro atoms. The molecule has 7 heteroatoms. The maximum Gasteiger partial charge on any atom is 0.246 e. The minimum absolute atomic E-state index is 0.0527. The van der Waals surface area contributed by atoms with Crippen LogP contribution < -0.4 is 11.5 Å². The molecule has 0 bridgehead atoms. The quantitative estimate of drug-likeness (QED) is 0.457. The van der Waals surface area contributed by atoms with E-state index in [2.05, 4.69) is 6.07 Å². The fourth-order valence-electron chi connectivity index (χ4n) is 5.44. The molecule has 0 saturated heterocycles. The van der Waals surface area contributed by atoms with Crippen LogP contribution in [0.4, 0.5) is 0 Å². The van der Waals surface area contributed by atoms with Gasteiger partial charge in [-0.3, -0.25) is 14.4 Å². The van der Waals surface area contributed by atoms with Crippen molar-refractivity contribution >= 4 is 28.5 Å². The predicted molar refractivity (Wildman–Crippen MR) is 150 cm³/mol. The molecule has 2 atom stereocenters. The lowest BCUT2D eigenvalue weighted by molar-refractivity contribution is -0.149. The third-order valence-electron chi connectivity index (χ3n) is 7.88. The van der Waals surface area contributed by atoms with Gasteiger partial charge in [-0.05, 0) is 47.6 Å².